The minimum atomic E-state index is -1.24. The minimum Gasteiger partial charge on any atom is -0.550 e. The average molecular weight is 312 g/mol. The van der Waals surface area contributed by atoms with Gasteiger partial charge in [0.25, 0.3) is 0 Å². The summed E-state index contributed by atoms with van der Waals surface area (Å²) < 4.78 is 5.05. The van der Waals surface area contributed by atoms with Crippen molar-refractivity contribution < 1.29 is 19.4 Å². The lowest BCUT2D eigenvalue weighted by atomic mass is 9.95. The van der Waals surface area contributed by atoms with Gasteiger partial charge >= 0.3 is 0 Å². The van der Waals surface area contributed by atoms with Crippen molar-refractivity contribution in [2.45, 2.75) is 12.8 Å². The Labute approximate surface area is 134 Å². The highest BCUT2D eigenvalue weighted by atomic mass is 16.5. The van der Waals surface area contributed by atoms with Gasteiger partial charge in [-0.3, -0.25) is 4.79 Å². The largest absolute Gasteiger partial charge is 0.550 e. The quantitative estimate of drug-likeness (QED) is 0.843. The van der Waals surface area contributed by atoms with Crippen molar-refractivity contribution in [2.75, 3.05) is 12.4 Å². The number of anilines is 1. The molecule has 0 saturated carbocycles. The van der Waals surface area contributed by atoms with Crippen molar-refractivity contribution in [2.24, 2.45) is 5.92 Å². The van der Waals surface area contributed by atoms with E-state index in [4.69, 9.17) is 4.74 Å². The van der Waals surface area contributed by atoms with Crippen molar-refractivity contribution in [1.29, 1.82) is 0 Å². The van der Waals surface area contributed by atoms with Crippen LogP contribution in [0.1, 0.15) is 12.0 Å². The summed E-state index contributed by atoms with van der Waals surface area (Å²) in [6.45, 7) is 0. The summed E-state index contributed by atoms with van der Waals surface area (Å²) in [6, 6.07) is 16.2. The summed E-state index contributed by atoms with van der Waals surface area (Å²) in [4.78, 5) is 23.3. The van der Waals surface area contributed by atoms with Crippen LogP contribution >= 0.6 is 0 Å². The second kappa shape index (κ2) is 7.98. The number of carbonyl (C=O) groups is 2. The molecule has 0 heterocycles. The lowest BCUT2D eigenvalue weighted by Gasteiger charge is -2.17. The number of methoxy groups -OCH3 is 1. The molecule has 2 rings (SSSR count). The molecule has 0 aliphatic carbocycles. The van der Waals surface area contributed by atoms with E-state index in [1.165, 1.54) is 0 Å². The summed E-state index contributed by atoms with van der Waals surface area (Å²) in [5.41, 5.74) is 1.50. The second-order valence-electron chi connectivity index (χ2n) is 5.18. The number of ether oxygens (including phenoxy) is 1. The summed E-state index contributed by atoms with van der Waals surface area (Å²) in [6.07, 6.45) is 0.0215. The van der Waals surface area contributed by atoms with Gasteiger partial charge in [-0.2, -0.15) is 0 Å². The van der Waals surface area contributed by atoms with Crippen molar-refractivity contribution in [3.05, 3.63) is 60.2 Å². The molecular weight excluding hydrogens is 294 g/mol. The van der Waals surface area contributed by atoms with Crippen LogP contribution in [0.5, 0.6) is 5.75 Å². The number of carbonyl (C=O) groups excluding carboxylic acids is 2. The van der Waals surface area contributed by atoms with Gasteiger partial charge in [-0.05, 0) is 42.7 Å². The molecule has 0 aromatic heterocycles. The van der Waals surface area contributed by atoms with Gasteiger partial charge in [-0.25, -0.2) is 0 Å². The fraction of sp³-hybridized carbons (Fsp3) is 0.222. The number of aliphatic carboxylic acids is 1. The Balaban J connectivity index is 2.07. The molecule has 0 aliphatic rings. The highest BCUT2D eigenvalue weighted by molar-refractivity contribution is 5.94. The van der Waals surface area contributed by atoms with E-state index in [1.807, 2.05) is 30.3 Å². The number of carboxylic acids is 1. The van der Waals surface area contributed by atoms with Gasteiger partial charge in [-0.15, -0.1) is 0 Å². The maximum atomic E-state index is 12.4. The fourth-order valence-electron chi connectivity index (χ4n) is 2.28. The molecule has 1 atom stereocenters. The number of nitrogens with one attached hydrogen (secondary N) is 1. The Morgan fingerprint density at radius 2 is 1.74 bits per heavy atom. The minimum absolute atomic E-state index is 0.323. The number of hydrogen-bond donors (Lipinski definition) is 1. The summed E-state index contributed by atoms with van der Waals surface area (Å²) >= 11 is 0. The molecule has 0 bridgehead atoms. The van der Waals surface area contributed by atoms with Gasteiger partial charge in [0.2, 0.25) is 5.91 Å². The predicted octanol–water partition coefficient (Wildman–Crippen LogP) is 1.63. The maximum Gasteiger partial charge on any atom is 0.228 e. The van der Waals surface area contributed by atoms with E-state index in [0.29, 0.717) is 17.9 Å². The van der Waals surface area contributed by atoms with Crippen LogP contribution in [0.25, 0.3) is 0 Å². The van der Waals surface area contributed by atoms with E-state index in [0.717, 1.165) is 5.56 Å². The molecule has 23 heavy (non-hydrogen) atoms. The number of benzene rings is 2. The Bertz CT molecular complexity index is 652. The first-order valence-electron chi connectivity index (χ1n) is 7.27. The van der Waals surface area contributed by atoms with Gasteiger partial charge in [0.15, 0.2) is 0 Å². The van der Waals surface area contributed by atoms with Crippen LogP contribution in [0.15, 0.2) is 54.6 Å². The summed E-state index contributed by atoms with van der Waals surface area (Å²) in [5.74, 6) is -1.60. The van der Waals surface area contributed by atoms with E-state index < -0.39 is 11.9 Å². The van der Waals surface area contributed by atoms with E-state index in [2.05, 4.69) is 5.32 Å². The van der Waals surface area contributed by atoms with Gasteiger partial charge in [0.1, 0.15) is 5.75 Å². The molecule has 0 spiro atoms. The van der Waals surface area contributed by atoms with E-state index in [1.54, 1.807) is 31.4 Å². The van der Waals surface area contributed by atoms with Crippen LogP contribution in [-0.4, -0.2) is 19.0 Å². The molecule has 5 nitrogen and oxygen atoms in total. The molecule has 2 aromatic carbocycles. The zero-order valence-electron chi connectivity index (χ0n) is 12.8. The fourth-order valence-corrected chi connectivity index (χ4v) is 2.28. The number of carboxylic acid groups (broad SMARTS) is 1. The molecule has 1 amide bonds. The standard InChI is InChI=1S/C18H19NO4/c1-23-16-9-7-15(8-10-16)19-18(22)14(12-17(20)21)11-13-5-3-2-4-6-13/h2-10,14H,11-12H2,1H3,(H,19,22)(H,20,21)/p-1/t14-/m1/s1. The first-order valence-corrected chi connectivity index (χ1v) is 7.27. The van der Waals surface area contributed by atoms with Gasteiger partial charge < -0.3 is 20.0 Å². The monoisotopic (exact) mass is 312 g/mol. The van der Waals surface area contributed by atoms with Crippen LogP contribution in [-0.2, 0) is 16.0 Å². The topological polar surface area (TPSA) is 78.5 Å². The normalized spacial score (nSPS) is 11.5. The molecule has 0 radical (unpaired) electrons. The van der Waals surface area contributed by atoms with E-state index in [9.17, 15) is 14.7 Å². The first-order chi connectivity index (χ1) is 11.1. The second-order valence-corrected chi connectivity index (χ2v) is 5.18. The average Bonchev–Trinajstić information content (AvgIpc) is 2.55. The van der Waals surface area contributed by atoms with Crippen molar-refractivity contribution >= 4 is 17.6 Å². The molecule has 5 heteroatoms. The molecule has 0 aliphatic heterocycles. The number of amides is 1. The van der Waals surface area contributed by atoms with Crippen LogP contribution in [0, 0.1) is 5.92 Å². The lowest BCUT2D eigenvalue weighted by Crippen LogP contribution is -2.32. The van der Waals surface area contributed by atoms with Crippen molar-refractivity contribution in [3.8, 4) is 5.75 Å². The maximum absolute atomic E-state index is 12.4. The first kappa shape index (κ1) is 16.5. The van der Waals surface area contributed by atoms with E-state index >= 15 is 0 Å². The molecule has 0 saturated heterocycles. The summed E-state index contributed by atoms with van der Waals surface area (Å²) in [7, 11) is 1.56. The molecule has 2 aromatic rings. The molecular formula is C18H18NO4-. The van der Waals surface area contributed by atoms with Gasteiger partial charge in [-0.1, -0.05) is 30.3 Å². The smallest absolute Gasteiger partial charge is 0.228 e. The Kier molecular flexibility index (Phi) is 5.74. The number of rotatable bonds is 7. The van der Waals surface area contributed by atoms with Gasteiger partial charge in [0.05, 0.1) is 7.11 Å². The van der Waals surface area contributed by atoms with Gasteiger partial charge in [0, 0.05) is 17.6 Å². The van der Waals surface area contributed by atoms with Crippen LogP contribution in [0.3, 0.4) is 0 Å². The summed E-state index contributed by atoms with van der Waals surface area (Å²) in [5, 5.41) is 13.7. The lowest BCUT2D eigenvalue weighted by molar-refractivity contribution is -0.306. The van der Waals surface area contributed by atoms with Crippen LogP contribution in [0.4, 0.5) is 5.69 Å². The molecule has 0 fully saturated rings. The van der Waals surface area contributed by atoms with Crippen molar-refractivity contribution in [3.63, 3.8) is 0 Å². The number of hydrogen-bond acceptors (Lipinski definition) is 4. The van der Waals surface area contributed by atoms with E-state index in [-0.39, 0.29) is 12.3 Å². The Morgan fingerprint density at radius 3 is 2.30 bits per heavy atom. The third kappa shape index (κ3) is 5.14. The SMILES string of the molecule is COc1ccc(NC(=O)[C@@H](CC(=O)[O-])Cc2ccccc2)cc1. The zero-order chi connectivity index (χ0) is 16.7. The van der Waals surface area contributed by atoms with Crippen LogP contribution < -0.4 is 15.2 Å². The molecule has 0 unspecified atom stereocenters. The third-order valence-corrected chi connectivity index (χ3v) is 3.47. The van der Waals surface area contributed by atoms with Crippen LogP contribution in [0.2, 0.25) is 0 Å². The molecule has 120 valence electrons. The molecule has 1 N–H and O–H groups in total. The zero-order valence-corrected chi connectivity index (χ0v) is 12.8. The third-order valence-electron chi connectivity index (χ3n) is 3.47. The highest BCUT2D eigenvalue weighted by Gasteiger charge is 2.19. The highest BCUT2D eigenvalue weighted by Crippen LogP contribution is 2.18. The van der Waals surface area contributed by atoms with Crippen molar-refractivity contribution in [1.82, 2.24) is 0 Å². The Hall–Kier alpha value is -2.82. The predicted molar refractivity (Wildman–Crippen MR) is 84.9 cm³/mol. The Morgan fingerprint density at radius 1 is 1.09 bits per heavy atom.